The molecule has 0 bridgehead atoms. The zero-order valence-electron chi connectivity index (χ0n) is 8.47. The minimum Gasteiger partial charge on any atom is -0.336 e. The lowest BCUT2D eigenvalue weighted by Crippen LogP contribution is -2.34. The summed E-state index contributed by atoms with van der Waals surface area (Å²) >= 11 is 5.73. The Labute approximate surface area is 92.6 Å². The quantitative estimate of drug-likeness (QED) is 0.806. The van der Waals surface area contributed by atoms with Gasteiger partial charge >= 0.3 is 6.03 Å². The first-order valence-corrected chi connectivity index (χ1v) is 4.89. The SMILES string of the molecule is CC(C)NC(=O)Nc1ccc(F)cc1Cl. The zero-order valence-corrected chi connectivity index (χ0v) is 9.23. The summed E-state index contributed by atoms with van der Waals surface area (Å²) < 4.78 is 12.7. The van der Waals surface area contributed by atoms with Crippen molar-refractivity contribution in [1.82, 2.24) is 5.32 Å². The van der Waals surface area contributed by atoms with Gasteiger partial charge < -0.3 is 10.6 Å². The summed E-state index contributed by atoms with van der Waals surface area (Å²) in [4.78, 5) is 11.3. The van der Waals surface area contributed by atoms with Crippen molar-refractivity contribution in [2.24, 2.45) is 0 Å². The van der Waals surface area contributed by atoms with E-state index < -0.39 is 5.82 Å². The molecule has 1 rings (SSSR count). The Balaban J connectivity index is 2.68. The van der Waals surface area contributed by atoms with Crippen molar-refractivity contribution in [3.05, 3.63) is 29.0 Å². The van der Waals surface area contributed by atoms with Gasteiger partial charge in [0.1, 0.15) is 5.82 Å². The lowest BCUT2D eigenvalue weighted by Gasteiger charge is -2.10. The molecule has 0 aliphatic rings. The van der Waals surface area contributed by atoms with E-state index in [4.69, 9.17) is 11.6 Å². The highest BCUT2D eigenvalue weighted by Crippen LogP contribution is 2.22. The van der Waals surface area contributed by atoms with Gasteiger partial charge in [0, 0.05) is 6.04 Å². The van der Waals surface area contributed by atoms with Crippen LogP contribution in [0.5, 0.6) is 0 Å². The highest BCUT2D eigenvalue weighted by molar-refractivity contribution is 6.33. The maximum absolute atomic E-state index is 12.7. The average molecular weight is 231 g/mol. The van der Waals surface area contributed by atoms with Crippen molar-refractivity contribution >= 4 is 23.3 Å². The Morgan fingerprint density at radius 1 is 1.47 bits per heavy atom. The number of hydrogen-bond donors (Lipinski definition) is 2. The van der Waals surface area contributed by atoms with Gasteiger partial charge in [-0.1, -0.05) is 11.6 Å². The van der Waals surface area contributed by atoms with Crippen LogP contribution in [0.1, 0.15) is 13.8 Å². The van der Waals surface area contributed by atoms with Gasteiger partial charge in [-0.05, 0) is 32.0 Å². The number of carbonyl (C=O) groups excluding carboxylic acids is 1. The monoisotopic (exact) mass is 230 g/mol. The van der Waals surface area contributed by atoms with Crippen LogP contribution in [0.2, 0.25) is 5.02 Å². The highest BCUT2D eigenvalue weighted by atomic mass is 35.5. The molecular weight excluding hydrogens is 219 g/mol. The Kier molecular flexibility index (Phi) is 3.91. The second kappa shape index (κ2) is 4.98. The summed E-state index contributed by atoms with van der Waals surface area (Å²) in [5.41, 5.74) is 0.385. The minimum atomic E-state index is -0.435. The number of halogens is 2. The molecule has 2 amide bonds. The molecule has 0 radical (unpaired) electrons. The van der Waals surface area contributed by atoms with Crippen LogP contribution in [0.4, 0.5) is 14.9 Å². The summed E-state index contributed by atoms with van der Waals surface area (Å²) in [6, 6.07) is 3.46. The van der Waals surface area contributed by atoms with Gasteiger partial charge in [0.15, 0.2) is 0 Å². The molecule has 0 heterocycles. The molecule has 0 aliphatic carbocycles. The highest BCUT2D eigenvalue weighted by Gasteiger charge is 2.06. The standard InChI is InChI=1S/C10H12ClFN2O/c1-6(2)13-10(15)14-9-4-3-7(12)5-8(9)11/h3-6H,1-2H3,(H2,13,14,15). The molecule has 0 saturated heterocycles. The third kappa shape index (κ3) is 3.75. The second-order valence-corrected chi connectivity index (χ2v) is 3.78. The molecule has 0 atom stereocenters. The van der Waals surface area contributed by atoms with Crippen LogP contribution in [-0.4, -0.2) is 12.1 Å². The second-order valence-electron chi connectivity index (χ2n) is 3.38. The molecule has 0 aliphatic heterocycles. The summed E-state index contributed by atoms with van der Waals surface area (Å²) in [6.45, 7) is 3.68. The molecule has 5 heteroatoms. The zero-order chi connectivity index (χ0) is 11.4. The molecule has 0 spiro atoms. The molecule has 3 nitrogen and oxygen atoms in total. The molecular formula is C10H12ClFN2O. The number of urea groups is 1. The molecule has 2 N–H and O–H groups in total. The summed E-state index contributed by atoms with van der Waals surface area (Å²) in [6.07, 6.45) is 0. The predicted octanol–water partition coefficient (Wildman–Crippen LogP) is 3.01. The van der Waals surface area contributed by atoms with E-state index >= 15 is 0 Å². The van der Waals surface area contributed by atoms with Crippen molar-refractivity contribution in [1.29, 1.82) is 0 Å². The molecule has 0 unspecified atom stereocenters. The first-order valence-electron chi connectivity index (χ1n) is 4.51. The minimum absolute atomic E-state index is 0.0317. The predicted molar refractivity (Wildman–Crippen MR) is 58.7 cm³/mol. The Morgan fingerprint density at radius 2 is 2.13 bits per heavy atom. The van der Waals surface area contributed by atoms with Crippen LogP contribution in [0, 0.1) is 5.82 Å². The van der Waals surface area contributed by atoms with E-state index in [1.807, 2.05) is 13.8 Å². The van der Waals surface area contributed by atoms with Crippen LogP contribution in [0.25, 0.3) is 0 Å². The first kappa shape index (κ1) is 11.8. The van der Waals surface area contributed by atoms with E-state index in [-0.39, 0.29) is 17.1 Å². The number of hydrogen-bond acceptors (Lipinski definition) is 1. The number of amides is 2. The van der Waals surface area contributed by atoms with E-state index in [0.717, 1.165) is 6.07 Å². The van der Waals surface area contributed by atoms with E-state index in [1.54, 1.807) is 0 Å². The van der Waals surface area contributed by atoms with Crippen LogP contribution < -0.4 is 10.6 Å². The fraction of sp³-hybridized carbons (Fsp3) is 0.300. The fourth-order valence-electron chi connectivity index (χ4n) is 1.01. The number of anilines is 1. The van der Waals surface area contributed by atoms with Gasteiger partial charge in [-0.25, -0.2) is 9.18 Å². The van der Waals surface area contributed by atoms with Crippen molar-refractivity contribution < 1.29 is 9.18 Å². The molecule has 0 aromatic heterocycles. The van der Waals surface area contributed by atoms with Crippen LogP contribution in [0.15, 0.2) is 18.2 Å². The molecule has 1 aromatic carbocycles. The number of rotatable bonds is 2. The van der Waals surface area contributed by atoms with Crippen molar-refractivity contribution in [3.8, 4) is 0 Å². The Morgan fingerprint density at radius 3 is 2.67 bits per heavy atom. The molecule has 1 aromatic rings. The van der Waals surface area contributed by atoms with Gasteiger partial charge in [-0.15, -0.1) is 0 Å². The largest absolute Gasteiger partial charge is 0.336 e. The van der Waals surface area contributed by atoms with E-state index in [9.17, 15) is 9.18 Å². The van der Waals surface area contributed by atoms with Gasteiger partial charge in [0.2, 0.25) is 0 Å². The van der Waals surface area contributed by atoms with E-state index in [1.165, 1.54) is 12.1 Å². The molecule has 0 fully saturated rings. The van der Waals surface area contributed by atoms with Crippen molar-refractivity contribution in [2.45, 2.75) is 19.9 Å². The third-order valence-corrected chi connectivity index (χ3v) is 1.91. The topological polar surface area (TPSA) is 41.1 Å². The van der Waals surface area contributed by atoms with Gasteiger partial charge in [0.25, 0.3) is 0 Å². The fourth-order valence-corrected chi connectivity index (χ4v) is 1.23. The van der Waals surface area contributed by atoms with Crippen molar-refractivity contribution in [2.75, 3.05) is 5.32 Å². The van der Waals surface area contributed by atoms with Gasteiger partial charge in [0.05, 0.1) is 10.7 Å². The maximum atomic E-state index is 12.7. The molecule has 15 heavy (non-hydrogen) atoms. The van der Waals surface area contributed by atoms with E-state index in [0.29, 0.717) is 5.69 Å². The lowest BCUT2D eigenvalue weighted by molar-refractivity contribution is 0.250. The van der Waals surface area contributed by atoms with Crippen LogP contribution in [-0.2, 0) is 0 Å². The van der Waals surface area contributed by atoms with Gasteiger partial charge in [-0.2, -0.15) is 0 Å². The average Bonchev–Trinajstić information content (AvgIpc) is 2.08. The summed E-state index contributed by atoms with van der Waals surface area (Å²) in [7, 11) is 0. The van der Waals surface area contributed by atoms with Crippen LogP contribution in [0.3, 0.4) is 0 Å². The van der Waals surface area contributed by atoms with Crippen molar-refractivity contribution in [3.63, 3.8) is 0 Å². The normalized spacial score (nSPS) is 10.2. The number of nitrogens with one attached hydrogen (secondary N) is 2. The lowest BCUT2D eigenvalue weighted by atomic mass is 10.3. The summed E-state index contributed by atoms with van der Waals surface area (Å²) in [5, 5.41) is 5.33. The summed E-state index contributed by atoms with van der Waals surface area (Å²) in [5.74, 6) is -0.435. The van der Waals surface area contributed by atoms with Gasteiger partial charge in [-0.3, -0.25) is 0 Å². The Bertz CT molecular complexity index is 368. The number of benzene rings is 1. The first-order chi connectivity index (χ1) is 6.99. The maximum Gasteiger partial charge on any atom is 0.319 e. The molecule has 0 saturated carbocycles. The third-order valence-electron chi connectivity index (χ3n) is 1.60. The molecule has 82 valence electrons. The van der Waals surface area contributed by atoms with Crippen LogP contribution >= 0.6 is 11.6 Å². The Hall–Kier alpha value is -1.29. The van der Waals surface area contributed by atoms with E-state index in [2.05, 4.69) is 10.6 Å². The smallest absolute Gasteiger partial charge is 0.319 e. The number of carbonyl (C=O) groups is 1.